The van der Waals surface area contributed by atoms with Gasteiger partial charge < -0.3 is 8.65 Å². The number of benzene rings is 7. The van der Waals surface area contributed by atoms with E-state index < -0.39 is 8.24 Å². The van der Waals surface area contributed by atoms with Crippen LogP contribution in [0.5, 0.6) is 0 Å². The molecule has 52 heavy (non-hydrogen) atoms. The van der Waals surface area contributed by atoms with Crippen LogP contribution in [0.2, 0.25) is 0 Å². The zero-order chi connectivity index (χ0) is 34.2. The second-order valence-electron chi connectivity index (χ2n) is 13.3. The molecule has 1 aliphatic rings. The van der Waals surface area contributed by atoms with Crippen LogP contribution < -0.4 is 15.6 Å². The van der Waals surface area contributed by atoms with E-state index in [1.54, 1.807) is 0 Å². The number of rotatable bonds is 5. The Morgan fingerprint density at radius 2 is 1.08 bits per heavy atom. The van der Waals surface area contributed by atoms with Gasteiger partial charge in [-0.25, -0.2) is 15.0 Å². The summed E-state index contributed by atoms with van der Waals surface area (Å²) in [6.07, 6.45) is 0. The van der Waals surface area contributed by atoms with Gasteiger partial charge in [0.05, 0.1) is 22.1 Å². The van der Waals surface area contributed by atoms with E-state index in [4.69, 9.17) is 19.4 Å². The Morgan fingerprint density at radius 3 is 1.88 bits per heavy atom. The predicted molar refractivity (Wildman–Crippen MR) is 211 cm³/mol. The first-order chi connectivity index (χ1) is 25.8. The van der Waals surface area contributed by atoms with Gasteiger partial charge in [0.1, 0.15) is 17.2 Å². The van der Waals surface area contributed by atoms with Crippen LogP contribution in [-0.4, -0.2) is 32.0 Å². The summed E-state index contributed by atoms with van der Waals surface area (Å²) in [5.74, 6) is 2.51. The summed E-state index contributed by atoms with van der Waals surface area (Å²) in [6.45, 7) is 0. The Labute approximate surface area is 300 Å². The van der Waals surface area contributed by atoms with E-state index in [-0.39, 0.29) is 0 Å². The molecule has 10 aromatic rings. The lowest BCUT2D eigenvalue weighted by Crippen LogP contribution is -2.70. The van der Waals surface area contributed by atoms with Crippen LogP contribution in [0.3, 0.4) is 0 Å². The van der Waals surface area contributed by atoms with E-state index >= 15 is 0 Å². The highest BCUT2D eigenvalue weighted by Crippen LogP contribution is 2.36. The molecule has 0 N–H and O–H groups in total. The van der Waals surface area contributed by atoms with Gasteiger partial charge in [0.2, 0.25) is 5.89 Å². The lowest BCUT2D eigenvalue weighted by molar-refractivity contribution is 0.620. The van der Waals surface area contributed by atoms with Crippen LogP contribution in [0.1, 0.15) is 0 Å². The van der Waals surface area contributed by atoms with Gasteiger partial charge in [-0.05, 0) is 82.3 Å². The fourth-order valence-corrected chi connectivity index (χ4v) is 13.3. The van der Waals surface area contributed by atoms with E-state index in [2.05, 4.69) is 160 Å². The monoisotopic (exact) mass is 683 g/mol. The summed E-state index contributed by atoms with van der Waals surface area (Å²) < 4.78 is 11.2. The van der Waals surface area contributed by atoms with E-state index in [9.17, 15) is 0 Å². The first kappa shape index (κ1) is 29.0. The van der Waals surface area contributed by atoms with Crippen molar-refractivity contribution in [1.29, 1.82) is 0 Å². The van der Waals surface area contributed by atoms with E-state index in [1.807, 2.05) is 24.3 Å². The minimum Gasteiger partial charge on any atom is -0.436 e. The van der Waals surface area contributed by atoms with Crippen LogP contribution >= 0.6 is 0 Å². The minimum absolute atomic E-state index is 0.611. The molecule has 244 valence electrons. The van der Waals surface area contributed by atoms with Gasteiger partial charge in [0, 0.05) is 22.4 Å². The quantitative estimate of drug-likeness (QED) is 0.171. The maximum atomic E-state index is 6.34. The van der Waals surface area contributed by atoms with Gasteiger partial charge >= 0.3 is 0 Å². The van der Waals surface area contributed by atoms with Crippen molar-refractivity contribution < 1.29 is 4.42 Å². The highest BCUT2D eigenvalue weighted by Gasteiger charge is 2.51. The van der Waals surface area contributed by atoms with Crippen molar-refractivity contribution in [2.75, 3.05) is 0 Å². The first-order valence-electron chi connectivity index (χ1n) is 17.5. The first-order valence-corrected chi connectivity index (χ1v) is 19.4. The molecule has 4 heterocycles. The summed E-state index contributed by atoms with van der Waals surface area (Å²) in [4.78, 5) is 15.5. The van der Waals surface area contributed by atoms with Gasteiger partial charge in [-0.2, -0.15) is 0 Å². The van der Waals surface area contributed by atoms with Gasteiger partial charge in [-0.1, -0.05) is 109 Å². The summed E-state index contributed by atoms with van der Waals surface area (Å²) in [5, 5.41) is 3.75. The molecule has 3 aromatic heterocycles. The van der Waals surface area contributed by atoms with Gasteiger partial charge in [-0.15, -0.1) is 0 Å². The van der Waals surface area contributed by atoms with Crippen LogP contribution in [-0.2, 0) is 0 Å². The maximum absolute atomic E-state index is 6.34. The highest BCUT2D eigenvalue weighted by molar-refractivity contribution is 7.12. The molecule has 1 atom stereocenters. The number of hydrogen-bond donors (Lipinski definition) is 0. The summed E-state index contributed by atoms with van der Waals surface area (Å²) >= 11 is 0. The molecule has 0 saturated heterocycles. The van der Waals surface area contributed by atoms with Crippen molar-refractivity contribution in [1.82, 2.24) is 23.8 Å². The van der Waals surface area contributed by atoms with Crippen molar-refractivity contribution in [2.24, 2.45) is 0 Å². The number of nitrogens with zero attached hydrogens (tertiary/aromatic N) is 5. The Morgan fingerprint density at radius 1 is 0.462 bits per heavy atom. The van der Waals surface area contributed by atoms with Gasteiger partial charge in [-0.3, -0.25) is 4.57 Å². The number of imidazole rings is 2. The second-order valence-corrected chi connectivity index (χ2v) is 16.8. The summed E-state index contributed by atoms with van der Waals surface area (Å²) in [7, 11) is -3.09. The lowest BCUT2D eigenvalue weighted by Gasteiger charge is -2.32. The number of hydrogen-bond acceptors (Lipinski definition) is 4. The highest BCUT2D eigenvalue weighted by atomic mass is 28.3. The molecule has 1 unspecified atom stereocenters. The molecule has 0 aliphatic carbocycles. The van der Waals surface area contributed by atoms with Gasteiger partial charge in [0.15, 0.2) is 5.58 Å². The Balaban J connectivity index is 1.22. The third kappa shape index (κ3) is 4.08. The molecule has 0 fully saturated rings. The Hall–Kier alpha value is -6.83. The molecule has 0 saturated carbocycles. The van der Waals surface area contributed by atoms with Crippen LogP contribution in [0, 0.1) is 0 Å². The van der Waals surface area contributed by atoms with Crippen molar-refractivity contribution >= 4 is 57.0 Å². The average molecular weight is 684 g/mol. The molecular weight excluding hydrogens is 655 g/mol. The molecule has 1 aliphatic heterocycles. The Bertz CT molecular complexity index is 2960. The Kier molecular flexibility index (Phi) is 6.17. The number of aromatic nitrogens is 5. The van der Waals surface area contributed by atoms with E-state index in [1.165, 1.54) is 21.1 Å². The van der Waals surface area contributed by atoms with Crippen LogP contribution in [0.25, 0.3) is 73.1 Å². The smallest absolute Gasteiger partial charge is 0.259 e. The average Bonchev–Trinajstić information content (AvgIpc) is 3.98. The van der Waals surface area contributed by atoms with Crippen molar-refractivity contribution in [3.63, 3.8) is 0 Å². The van der Waals surface area contributed by atoms with Crippen LogP contribution in [0.15, 0.2) is 180 Å². The third-order valence-electron chi connectivity index (χ3n) is 10.4. The van der Waals surface area contributed by atoms with E-state index in [0.29, 0.717) is 5.89 Å². The number of fused-ring (bicyclic) bond motifs is 7. The summed E-state index contributed by atoms with van der Waals surface area (Å²) in [5.41, 5.74) is 9.99. The summed E-state index contributed by atoms with van der Waals surface area (Å²) in [6, 6.07) is 62.0. The fourth-order valence-electron chi connectivity index (χ4n) is 8.21. The molecule has 0 bridgehead atoms. The number of para-hydroxylation sites is 7. The van der Waals surface area contributed by atoms with Crippen LogP contribution in [0.4, 0.5) is 0 Å². The molecule has 0 spiro atoms. The second kappa shape index (κ2) is 11.1. The molecule has 7 aromatic carbocycles. The zero-order valence-corrected chi connectivity index (χ0v) is 28.9. The normalized spacial score (nSPS) is 15.0. The standard InChI is InChI=1S/C45H29N5OSi/c1-2-16-32(17-3-1)49-39-24-8-5-21-36(39)46-43(49)30-14-12-18-33(28-30)52(34-19-13-15-31(29-34)45-48-38-23-7-10-26-41(38)51-45)42-27-11-4-20-35(42)44-47-37-22-6-9-25-40(37)50(44)52/h1-29H. The van der Waals surface area contributed by atoms with Gasteiger partial charge in [0.25, 0.3) is 8.24 Å². The topological polar surface area (TPSA) is 61.7 Å². The predicted octanol–water partition coefficient (Wildman–Crippen LogP) is 8.35. The molecule has 7 heteroatoms. The number of oxazole rings is 1. The van der Waals surface area contributed by atoms with Crippen molar-refractivity contribution in [3.8, 4) is 39.9 Å². The maximum Gasteiger partial charge on any atom is 0.259 e. The van der Waals surface area contributed by atoms with E-state index in [0.717, 1.165) is 61.6 Å². The molecular formula is C45H29N5OSi. The molecule has 0 amide bonds. The molecule has 0 radical (unpaired) electrons. The largest absolute Gasteiger partial charge is 0.436 e. The third-order valence-corrected chi connectivity index (χ3v) is 15.0. The lowest BCUT2D eigenvalue weighted by atomic mass is 10.2. The molecule has 11 rings (SSSR count). The fraction of sp³-hybridized carbons (Fsp3) is 0. The van der Waals surface area contributed by atoms with Crippen molar-refractivity contribution in [2.45, 2.75) is 0 Å². The molecule has 6 nitrogen and oxygen atoms in total. The van der Waals surface area contributed by atoms with Crippen molar-refractivity contribution in [3.05, 3.63) is 176 Å². The minimum atomic E-state index is -3.09. The zero-order valence-electron chi connectivity index (χ0n) is 27.9. The SMILES string of the molecule is c1ccc(-n2c(-c3cccc([Si]4(c5cccc(-c6nc7ccccc7o6)c5)c5ccccc5-c5nc6ccccc6n54)c3)nc3ccccc32)cc1.